The molecule has 0 saturated carbocycles. The average molecular weight is 320 g/mol. The molecule has 0 fully saturated rings. The molecule has 2 rings (SSSR count). The molecule has 0 saturated heterocycles. The van der Waals surface area contributed by atoms with Crippen LogP contribution in [-0.2, 0) is 9.47 Å². The van der Waals surface area contributed by atoms with Crippen LogP contribution in [0.4, 0.5) is 0 Å². The van der Waals surface area contributed by atoms with Gasteiger partial charge in [0.1, 0.15) is 0 Å². The third kappa shape index (κ3) is 3.07. The van der Waals surface area contributed by atoms with Crippen molar-refractivity contribution in [3.63, 3.8) is 0 Å². The topological polar surface area (TPSA) is 18.5 Å². The van der Waals surface area contributed by atoms with Crippen molar-refractivity contribution in [1.82, 2.24) is 0 Å². The second-order valence-electron chi connectivity index (χ2n) is 2.62. The Morgan fingerprint density at radius 2 is 2.29 bits per heavy atom. The van der Waals surface area contributed by atoms with Crippen LogP contribution < -0.4 is 0 Å². The maximum absolute atomic E-state index is 5.49. The van der Waals surface area contributed by atoms with Crippen molar-refractivity contribution in [2.45, 2.75) is 5.00 Å². The van der Waals surface area contributed by atoms with Crippen LogP contribution in [0, 0.1) is 0 Å². The monoisotopic (exact) mass is 322 g/mol. The molecule has 0 aromatic heterocycles. The predicted molar refractivity (Wildman–Crippen MR) is 57.8 cm³/mol. The summed E-state index contributed by atoms with van der Waals surface area (Å²) >= 11 is 0.920. The second kappa shape index (κ2) is 5.47. The number of allylic oxidation sites excluding steroid dienone is 4. The van der Waals surface area contributed by atoms with Crippen molar-refractivity contribution in [2.24, 2.45) is 0 Å². The van der Waals surface area contributed by atoms with Gasteiger partial charge in [-0.05, 0) is 0 Å². The van der Waals surface area contributed by atoms with Crippen molar-refractivity contribution in [1.29, 1.82) is 0 Å². The summed E-state index contributed by atoms with van der Waals surface area (Å²) in [6.07, 6.45) is 14.0. The standard InChI is InChI=1S/C10H10O2Se2/c1-3-7-11-9(5-1)13-14-10-6-2-4-8-12-10/h1-7,9H,8H2. The molecule has 0 bridgehead atoms. The van der Waals surface area contributed by atoms with E-state index in [0.29, 0.717) is 31.3 Å². The number of hydrogen-bond acceptors (Lipinski definition) is 2. The van der Waals surface area contributed by atoms with Gasteiger partial charge >= 0.3 is 94.7 Å². The molecule has 2 nitrogen and oxygen atoms in total. The summed E-state index contributed by atoms with van der Waals surface area (Å²) < 4.78 is 12.1. The van der Waals surface area contributed by atoms with E-state index in [1.807, 2.05) is 18.2 Å². The maximum atomic E-state index is 5.49. The van der Waals surface area contributed by atoms with E-state index in [4.69, 9.17) is 9.47 Å². The summed E-state index contributed by atoms with van der Waals surface area (Å²) in [5, 5.41) is 0.294. The van der Waals surface area contributed by atoms with Crippen molar-refractivity contribution < 1.29 is 9.47 Å². The molecular formula is C10H10O2Se2. The number of hydrogen-bond donors (Lipinski definition) is 0. The fourth-order valence-corrected chi connectivity index (χ4v) is 6.82. The van der Waals surface area contributed by atoms with Gasteiger partial charge in [-0.1, -0.05) is 0 Å². The van der Waals surface area contributed by atoms with Crippen LogP contribution in [0.5, 0.6) is 0 Å². The Balaban J connectivity index is 1.76. The van der Waals surface area contributed by atoms with Gasteiger partial charge in [0.2, 0.25) is 0 Å². The van der Waals surface area contributed by atoms with Crippen LogP contribution in [0.25, 0.3) is 0 Å². The van der Waals surface area contributed by atoms with Gasteiger partial charge in [0, 0.05) is 0 Å². The average Bonchev–Trinajstić information content (AvgIpc) is 2.29. The van der Waals surface area contributed by atoms with Gasteiger partial charge in [0.15, 0.2) is 0 Å². The molecule has 0 aromatic carbocycles. The van der Waals surface area contributed by atoms with Crippen LogP contribution in [0.15, 0.2) is 47.4 Å². The summed E-state index contributed by atoms with van der Waals surface area (Å²) in [7, 11) is 0. The summed E-state index contributed by atoms with van der Waals surface area (Å²) in [4.78, 5) is 0. The van der Waals surface area contributed by atoms with Crippen LogP contribution in [0.2, 0.25) is 0 Å². The molecule has 4 heteroatoms. The Kier molecular flexibility index (Phi) is 3.96. The zero-order chi connectivity index (χ0) is 9.64. The second-order valence-corrected chi connectivity index (χ2v) is 9.11. The first-order valence-corrected chi connectivity index (χ1v) is 10.4. The SMILES string of the molecule is C1=CCOC([Se][Se]C2C=CC=CO2)=C1. The third-order valence-corrected chi connectivity index (χ3v) is 8.53. The van der Waals surface area contributed by atoms with E-state index in [0.717, 1.165) is 11.3 Å². The molecule has 0 aromatic rings. The number of rotatable bonds is 3. The van der Waals surface area contributed by atoms with E-state index in [1.165, 1.54) is 0 Å². The molecule has 0 radical (unpaired) electrons. The van der Waals surface area contributed by atoms with Gasteiger partial charge in [-0.25, -0.2) is 0 Å². The minimum atomic E-state index is 0.294. The molecule has 14 heavy (non-hydrogen) atoms. The Bertz CT molecular complexity index is 305. The molecule has 1 unspecified atom stereocenters. The third-order valence-electron chi connectivity index (χ3n) is 1.59. The molecule has 74 valence electrons. The summed E-state index contributed by atoms with van der Waals surface area (Å²) in [6, 6.07) is 0. The van der Waals surface area contributed by atoms with Gasteiger partial charge in [-0.2, -0.15) is 0 Å². The molecule has 0 amide bonds. The molecule has 0 spiro atoms. The van der Waals surface area contributed by atoms with Crippen LogP contribution in [0.3, 0.4) is 0 Å². The van der Waals surface area contributed by atoms with Gasteiger partial charge in [-0.3, -0.25) is 0 Å². The van der Waals surface area contributed by atoms with Crippen LogP contribution in [0.1, 0.15) is 0 Å². The molecule has 0 aliphatic carbocycles. The van der Waals surface area contributed by atoms with Crippen LogP contribution >= 0.6 is 0 Å². The van der Waals surface area contributed by atoms with E-state index in [-0.39, 0.29) is 0 Å². The van der Waals surface area contributed by atoms with Gasteiger partial charge in [-0.15, -0.1) is 0 Å². The van der Waals surface area contributed by atoms with E-state index < -0.39 is 0 Å². The van der Waals surface area contributed by atoms with Gasteiger partial charge in [0.25, 0.3) is 0 Å². The molecule has 2 aliphatic heterocycles. The van der Waals surface area contributed by atoms with Crippen molar-refractivity contribution in [2.75, 3.05) is 6.61 Å². The zero-order valence-corrected chi connectivity index (χ0v) is 10.9. The Hall–Kier alpha value is -0.401. The first kappa shape index (κ1) is 10.1. The van der Waals surface area contributed by atoms with Crippen molar-refractivity contribution in [3.8, 4) is 0 Å². The molecular weight excluding hydrogens is 310 g/mol. The predicted octanol–water partition coefficient (Wildman–Crippen LogP) is 1.16. The van der Waals surface area contributed by atoms with E-state index in [2.05, 4.69) is 18.2 Å². The van der Waals surface area contributed by atoms with Crippen molar-refractivity contribution in [3.05, 3.63) is 47.4 Å². The molecule has 0 N–H and O–H groups in total. The zero-order valence-electron chi connectivity index (χ0n) is 7.46. The molecule has 2 aliphatic rings. The Morgan fingerprint density at radius 3 is 3.00 bits per heavy atom. The summed E-state index contributed by atoms with van der Waals surface area (Å²) in [6.45, 7) is 0.727. The normalized spacial score (nSPS) is 24.0. The number of ether oxygens (including phenoxy) is 2. The van der Waals surface area contributed by atoms with Gasteiger partial charge in [0.05, 0.1) is 0 Å². The fraction of sp³-hybridized carbons (Fsp3) is 0.200. The summed E-state index contributed by atoms with van der Waals surface area (Å²) in [5.74, 6) is 0. The van der Waals surface area contributed by atoms with E-state index in [9.17, 15) is 0 Å². The van der Waals surface area contributed by atoms with Crippen molar-refractivity contribution >= 4 is 26.3 Å². The van der Waals surface area contributed by atoms with E-state index in [1.54, 1.807) is 6.26 Å². The minimum absolute atomic E-state index is 0.294. The quantitative estimate of drug-likeness (QED) is 0.727. The first-order valence-electron chi connectivity index (χ1n) is 4.27. The summed E-state index contributed by atoms with van der Waals surface area (Å²) in [5.41, 5.74) is 0. The van der Waals surface area contributed by atoms with E-state index >= 15 is 0 Å². The van der Waals surface area contributed by atoms with Gasteiger partial charge < -0.3 is 0 Å². The Labute approximate surface area is 94.6 Å². The molecule has 1 atom stereocenters. The Morgan fingerprint density at radius 1 is 1.29 bits per heavy atom. The van der Waals surface area contributed by atoms with Crippen LogP contribution in [-0.4, -0.2) is 37.9 Å². The first-order chi connectivity index (χ1) is 6.95. The molecule has 2 heterocycles. The fourth-order valence-electron chi connectivity index (χ4n) is 0.950.